The van der Waals surface area contributed by atoms with Gasteiger partial charge < -0.3 is 4.79 Å². The molecule has 84 valence electrons. The Kier molecular flexibility index (Phi) is 4.46. The number of carbonyl (C=O) groups is 1. The number of hydrogen-bond acceptors (Lipinski definition) is 2. The lowest BCUT2D eigenvalue weighted by Crippen LogP contribution is -2.47. The lowest BCUT2D eigenvalue weighted by atomic mass is 9.88. The Morgan fingerprint density at radius 2 is 1.57 bits per heavy atom. The quantitative estimate of drug-likeness (QED) is 0.734. The third kappa shape index (κ3) is 4.33. The summed E-state index contributed by atoms with van der Waals surface area (Å²) in [6, 6.07) is -0.373. The second-order valence-electron chi connectivity index (χ2n) is 5.48. The number of rotatable bonds is 3. The largest absolute Gasteiger partial charge is 0.302 e. The molecule has 0 saturated heterocycles. The normalized spacial score (nSPS) is 17.6. The van der Waals surface area contributed by atoms with Crippen molar-refractivity contribution in [3.05, 3.63) is 0 Å². The van der Waals surface area contributed by atoms with E-state index in [1.54, 1.807) is 0 Å². The minimum atomic E-state index is -1.20. The number of hydrogen-bond donors (Lipinski definition) is 1. The molecule has 0 aromatic carbocycles. The summed E-state index contributed by atoms with van der Waals surface area (Å²) in [5, 5.41) is 0. The maximum Gasteiger partial charge on any atom is 0.138 e. The zero-order chi connectivity index (χ0) is 11.6. The number of nitrogens with one attached hydrogen (secondary N) is 1. The Balaban J connectivity index is 4.51. The molecule has 14 heavy (non-hydrogen) atoms. The molecule has 0 rings (SSSR count). The van der Waals surface area contributed by atoms with Gasteiger partial charge in [-0.05, 0) is 26.2 Å². The molecule has 0 radical (unpaired) electrons. The first-order valence-electron chi connectivity index (χ1n) is 4.72. The van der Waals surface area contributed by atoms with Crippen LogP contribution in [0.25, 0.3) is 0 Å². The van der Waals surface area contributed by atoms with Gasteiger partial charge in [0, 0.05) is 0 Å². The average Bonchev–Trinajstić information content (AvgIpc) is 1.95. The molecular formula is C10H21NO2S. The van der Waals surface area contributed by atoms with Crippen molar-refractivity contribution in [3.8, 4) is 0 Å². The van der Waals surface area contributed by atoms with Crippen LogP contribution in [0.3, 0.4) is 0 Å². The lowest BCUT2D eigenvalue weighted by molar-refractivity contribution is -0.111. The average molecular weight is 219 g/mol. The van der Waals surface area contributed by atoms with E-state index in [1.165, 1.54) is 0 Å². The van der Waals surface area contributed by atoms with Gasteiger partial charge in [0.15, 0.2) is 0 Å². The maximum atomic E-state index is 11.7. The maximum absolute atomic E-state index is 11.7. The summed E-state index contributed by atoms with van der Waals surface area (Å²) in [5.41, 5.74) is -0.206. The minimum absolute atomic E-state index is 0.206. The first-order chi connectivity index (χ1) is 6.09. The van der Waals surface area contributed by atoms with Gasteiger partial charge in [-0.2, -0.15) is 0 Å². The van der Waals surface area contributed by atoms with Crippen LogP contribution in [0.5, 0.6) is 0 Å². The van der Waals surface area contributed by atoms with E-state index >= 15 is 0 Å². The molecule has 1 N–H and O–H groups in total. The van der Waals surface area contributed by atoms with E-state index in [1.807, 2.05) is 41.5 Å². The highest BCUT2D eigenvalue weighted by molar-refractivity contribution is 7.84. The topological polar surface area (TPSA) is 46.2 Å². The summed E-state index contributed by atoms with van der Waals surface area (Å²) in [4.78, 5) is 10.8. The van der Waals surface area contributed by atoms with Crippen molar-refractivity contribution in [2.45, 2.75) is 52.3 Å². The Hall–Kier alpha value is -0.220. The predicted molar refractivity (Wildman–Crippen MR) is 60.3 cm³/mol. The molecule has 0 unspecified atom stereocenters. The summed E-state index contributed by atoms with van der Waals surface area (Å²) < 4.78 is 14.2. The van der Waals surface area contributed by atoms with Gasteiger partial charge in [0.1, 0.15) is 6.29 Å². The highest BCUT2D eigenvalue weighted by atomic mass is 32.2. The zero-order valence-corrected chi connectivity index (χ0v) is 10.7. The second-order valence-corrected chi connectivity index (χ2v) is 7.48. The van der Waals surface area contributed by atoms with Crippen molar-refractivity contribution in [3.63, 3.8) is 0 Å². The zero-order valence-electron chi connectivity index (χ0n) is 9.88. The molecule has 0 aliphatic carbocycles. The van der Waals surface area contributed by atoms with Gasteiger partial charge in [0.05, 0.1) is 21.8 Å². The molecule has 0 aliphatic rings. The van der Waals surface area contributed by atoms with E-state index in [0.29, 0.717) is 0 Å². The third-order valence-electron chi connectivity index (χ3n) is 1.86. The SMILES string of the molecule is CC(C)(C)[C@H](C=O)N[S@@](=O)C(C)(C)C. The Bertz CT molecular complexity index is 225. The number of aldehydes is 1. The summed E-state index contributed by atoms with van der Waals surface area (Å²) in [5.74, 6) is 0. The Labute approximate surface area is 89.2 Å². The van der Waals surface area contributed by atoms with Crippen molar-refractivity contribution in [2.75, 3.05) is 0 Å². The molecule has 0 fully saturated rings. The molecule has 0 aliphatic heterocycles. The van der Waals surface area contributed by atoms with Crippen molar-refractivity contribution < 1.29 is 9.00 Å². The van der Waals surface area contributed by atoms with Crippen molar-refractivity contribution >= 4 is 17.3 Å². The standard InChI is InChI=1S/C10H21NO2S/c1-9(2,3)8(7-12)11-14(13)10(4,5)6/h7-8,11H,1-6H3/t8-,14-/m0/s1. The van der Waals surface area contributed by atoms with Gasteiger partial charge in [0.25, 0.3) is 0 Å². The van der Waals surface area contributed by atoms with Gasteiger partial charge in [-0.15, -0.1) is 0 Å². The van der Waals surface area contributed by atoms with E-state index in [-0.39, 0.29) is 16.2 Å². The Morgan fingerprint density at radius 3 is 1.79 bits per heavy atom. The fourth-order valence-electron chi connectivity index (χ4n) is 0.701. The van der Waals surface area contributed by atoms with E-state index < -0.39 is 11.0 Å². The molecule has 2 atom stereocenters. The molecule has 0 aromatic rings. The first kappa shape index (κ1) is 13.8. The fourth-order valence-corrected chi connectivity index (χ4v) is 1.69. The van der Waals surface area contributed by atoms with Gasteiger partial charge >= 0.3 is 0 Å². The molecule has 0 heterocycles. The van der Waals surface area contributed by atoms with E-state index in [0.717, 1.165) is 6.29 Å². The second kappa shape index (κ2) is 4.53. The lowest BCUT2D eigenvalue weighted by Gasteiger charge is -2.29. The first-order valence-corrected chi connectivity index (χ1v) is 5.87. The molecule has 0 aromatic heterocycles. The minimum Gasteiger partial charge on any atom is -0.302 e. The molecule has 3 nitrogen and oxygen atoms in total. The van der Waals surface area contributed by atoms with E-state index in [4.69, 9.17) is 0 Å². The monoisotopic (exact) mass is 219 g/mol. The van der Waals surface area contributed by atoms with Crippen LogP contribution >= 0.6 is 0 Å². The van der Waals surface area contributed by atoms with Crippen LogP contribution in [0.4, 0.5) is 0 Å². The summed E-state index contributed by atoms with van der Waals surface area (Å²) >= 11 is 0. The summed E-state index contributed by atoms with van der Waals surface area (Å²) in [7, 11) is -1.20. The van der Waals surface area contributed by atoms with Crippen LogP contribution < -0.4 is 4.72 Å². The van der Waals surface area contributed by atoms with Crippen LogP contribution in [0, 0.1) is 5.41 Å². The van der Waals surface area contributed by atoms with Crippen molar-refractivity contribution in [2.24, 2.45) is 5.41 Å². The van der Waals surface area contributed by atoms with Crippen LogP contribution in [0.2, 0.25) is 0 Å². The van der Waals surface area contributed by atoms with E-state index in [2.05, 4.69) is 4.72 Å². The van der Waals surface area contributed by atoms with Crippen LogP contribution in [-0.4, -0.2) is 21.3 Å². The van der Waals surface area contributed by atoms with Gasteiger partial charge in [-0.25, -0.2) is 8.93 Å². The summed E-state index contributed by atoms with van der Waals surface area (Å²) in [6.45, 7) is 11.5. The molecule has 4 heteroatoms. The highest BCUT2D eigenvalue weighted by Gasteiger charge is 2.29. The van der Waals surface area contributed by atoms with Crippen LogP contribution in [0.15, 0.2) is 0 Å². The molecular weight excluding hydrogens is 198 g/mol. The van der Waals surface area contributed by atoms with Crippen molar-refractivity contribution in [1.29, 1.82) is 0 Å². The Morgan fingerprint density at radius 1 is 1.14 bits per heavy atom. The van der Waals surface area contributed by atoms with Crippen LogP contribution in [-0.2, 0) is 15.8 Å². The number of carbonyl (C=O) groups excluding carboxylic acids is 1. The molecule has 0 spiro atoms. The molecule has 0 amide bonds. The fraction of sp³-hybridized carbons (Fsp3) is 0.900. The van der Waals surface area contributed by atoms with Gasteiger partial charge in [-0.1, -0.05) is 20.8 Å². The van der Waals surface area contributed by atoms with Gasteiger partial charge in [0.2, 0.25) is 0 Å². The summed E-state index contributed by atoms with van der Waals surface area (Å²) in [6.07, 6.45) is 0.823. The van der Waals surface area contributed by atoms with Crippen LogP contribution in [0.1, 0.15) is 41.5 Å². The molecule has 0 bridgehead atoms. The van der Waals surface area contributed by atoms with Crippen molar-refractivity contribution in [1.82, 2.24) is 4.72 Å². The van der Waals surface area contributed by atoms with Gasteiger partial charge in [-0.3, -0.25) is 0 Å². The third-order valence-corrected chi connectivity index (χ3v) is 3.44. The smallest absolute Gasteiger partial charge is 0.138 e. The van der Waals surface area contributed by atoms with E-state index in [9.17, 15) is 9.00 Å². The molecule has 0 saturated carbocycles. The highest BCUT2D eigenvalue weighted by Crippen LogP contribution is 2.19. The predicted octanol–water partition coefficient (Wildman–Crippen LogP) is 1.65.